The maximum atomic E-state index is 13.0. The first-order chi connectivity index (χ1) is 13.0. The Morgan fingerprint density at radius 1 is 1.19 bits per heavy atom. The van der Waals surface area contributed by atoms with E-state index in [0.717, 1.165) is 39.9 Å². The lowest BCUT2D eigenvalue weighted by molar-refractivity contribution is 0.200. The number of benzene rings is 1. The van der Waals surface area contributed by atoms with E-state index in [0.29, 0.717) is 6.54 Å². The number of aromatic nitrogens is 2. The second kappa shape index (κ2) is 7.12. The van der Waals surface area contributed by atoms with Crippen molar-refractivity contribution in [3.63, 3.8) is 0 Å². The Labute approximate surface area is 163 Å². The average Bonchev–Trinajstić information content (AvgIpc) is 3.05. The molecule has 4 rings (SSSR count). The molecule has 1 aromatic carbocycles. The van der Waals surface area contributed by atoms with Gasteiger partial charge in [-0.25, -0.2) is 9.78 Å². The molecule has 0 radical (unpaired) electrons. The van der Waals surface area contributed by atoms with E-state index in [2.05, 4.69) is 28.2 Å². The van der Waals surface area contributed by atoms with Crippen LogP contribution in [0.4, 0.5) is 9.93 Å². The molecule has 0 bridgehead atoms. The summed E-state index contributed by atoms with van der Waals surface area (Å²) in [5.41, 5.74) is 5.52. The van der Waals surface area contributed by atoms with Crippen molar-refractivity contribution in [2.45, 2.75) is 26.8 Å². The predicted molar refractivity (Wildman–Crippen MR) is 109 cm³/mol. The summed E-state index contributed by atoms with van der Waals surface area (Å²) in [6.07, 6.45) is 2.67. The van der Waals surface area contributed by atoms with Gasteiger partial charge in [0.1, 0.15) is 0 Å². The first-order valence-electron chi connectivity index (χ1n) is 9.03. The summed E-state index contributed by atoms with van der Waals surface area (Å²) >= 11 is 1.56. The molecular weight excluding hydrogens is 356 g/mol. The maximum absolute atomic E-state index is 13.0. The Hall–Kier alpha value is -2.73. The molecule has 27 heavy (non-hydrogen) atoms. The molecule has 0 N–H and O–H groups in total. The number of thiazole rings is 1. The molecular formula is C21H22N4OS. The minimum Gasteiger partial charge on any atom is -0.320 e. The smallest absolute Gasteiger partial charge is 0.320 e. The number of nitrogens with zero attached hydrogens (tertiary/aromatic N) is 4. The van der Waals surface area contributed by atoms with Gasteiger partial charge in [-0.2, -0.15) is 0 Å². The number of rotatable bonds is 2. The van der Waals surface area contributed by atoms with Crippen molar-refractivity contribution < 1.29 is 4.79 Å². The molecule has 0 unspecified atom stereocenters. The van der Waals surface area contributed by atoms with Crippen LogP contribution < -0.4 is 4.90 Å². The molecule has 2 amide bonds. The summed E-state index contributed by atoms with van der Waals surface area (Å²) in [6.45, 7) is 5.35. The van der Waals surface area contributed by atoms with Crippen LogP contribution >= 0.6 is 11.3 Å². The van der Waals surface area contributed by atoms with E-state index in [4.69, 9.17) is 0 Å². The van der Waals surface area contributed by atoms with E-state index in [1.54, 1.807) is 29.5 Å². The molecule has 1 aliphatic rings. The van der Waals surface area contributed by atoms with Gasteiger partial charge in [0.25, 0.3) is 0 Å². The lowest BCUT2D eigenvalue weighted by Crippen LogP contribution is -2.43. The number of anilines is 1. The highest BCUT2D eigenvalue weighted by atomic mass is 32.1. The minimum atomic E-state index is -0.00219. The van der Waals surface area contributed by atoms with Crippen molar-refractivity contribution in [2.24, 2.45) is 0 Å². The van der Waals surface area contributed by atoms with Gasteiger partial charge in [0.15, 0.2) is 5.13 Å². The standard InChI is InChI=1S/C21H22N4OS/c1-14-15(2)27-20(23-14)24(3)21(26)25-11-9-16-7-8-17(12-18(16)13-25)19-6-4-5-10-22-19/h4-8,10,12H,9,11,13H2,1-3H3. The zero-order valence-corrected chi connectivity index (χ0v) is 16.6. The van der Waals surface area contributed by atoms with Crippen LogP contribution in [-0.2, 0) is 13.0 Å². The van der Waals surface area contributed by atoms with Crippen LogP contribution in [0.25, 0.3) is 11.3 Å². The molecule has 6 heteroatoms. The van der Waals surface area contributed by atoms with Crippen LogP contribution in [0.1, 0.15) is 21.7 Å². The maximum Gasteiger partial charge on any atom is 0.326 e. The fourth-order valence-electron chi connectivity index (χ4n) is 3.31. The van der Waals surface area contributed by atoms with Gasteiger partial charge in [-0.1, -0.05) is 18.2 Å². The zero-order valence-electron chi connectivity index (χ0n) is 15.8. The molecule has 0 saturated heterocycles. The fourth-order valence-corrected chi connectivity index (χ4v) is 4.17. The van der Waals surface area contributed by atoms with Gasteiger partial charge in [0.05, 0.1) is 11.4 Å². The Kier molecular flexibility index (Phi) is 4.66. The number of urea groups is 1. The lowest BCUT2D eigenvalue weighted by Gasteiger charge is -2.31. The number of fused-ring (bicyclic) bond motifs is 1. The highest BCUT2D eigenvalue weighted by Gasteiger charge is 2.25. The summed E-state index contributed by atoms with van der Waals surface area (Å²) in [7, 11) is 1.81. The first kappa shape index (κ1) is 17.7. The van der Waals surface area contributed by atoms with E-state index in [9.17, 15) is 4.79 Å². The normalized spacial score (nSPS) is 13.4. The molecule has 0 saturated carbocycles. The third-order valence-corrected chi connectivity index (χ3v) is 6.19. The highest BCUT2D eigenvalue weighted by molar-refractivity contribution is 7.15. The molecule has 0 aliphatic carbocycles. The summed E-state index contributed by atoms with van der Waals surface area (Å²) in [5.74, 6) is 0. The Balaban J connectivity index is 1.56. The van der Waals surface area contributed by atoms with E-state index in [1.807, 2.05) is 36.9 Å². The number of hydrogen-bond acceptors (Lipinski definition) is 4. The molecule has 3 aromatic rings. The van der Waals surface area contributed by atoms with Crippen LogP contribution in [0, 0.1) is 13.8 Å². The molecule has 3 heterocycles. The number of hydrogen-bond donors (Lipinski definition) is 0. The van der Waals surface area contributed by atoms with E-state index in [1.165, 1.54) is 11.1 Å². The van der Waals surface area contributed by atoms with E-state index >= 15 is 0 Å². The summed E-state index contributed by atoms with van der Waals surface area (Å²) < 4.78 is 0. The largest absolute Gasteiger partial charge is 0.326 e. The van der Waals surface area contributed by atoms with Gasteiger partial charge >= 0.3 is 6.03 Å². The Morgan fingerprint density at radius 2 is 2.04 bits per heavy atom. The Morgan fingerprint density at radius 3 is 2.74 bits per heavy atom. The summed E-state index contributed by atoms with van der Waals surface area (Å²) in [4.78, 5) is 26.6. The SMILES string of the molecule is Cc1nc(N(C)C(=O)N2CCc3ccc(-c4ccccn4)cc3C2)sc1C. The van der Waals surface area contributed by atoms with Crippen LogP contribution in [0.3, 0.4) is 0 Å². The predicted octanol–water partition coefficient (Wildman–Crippen LogP) is 4.44. The van der Waals surface area contributed by atoms with Crippen molar-refractivity contribution in [1.82, 2.24) is 14.9 Å². The summed E-state index contributed by atoms with van der Waals surface area (Å²) in [6, 6.07) is 12.4. The van der Waals surface area contributed by atoms with Gasteiger partial charge in [-0.3, -0.25) is 9.88 Å². The van der Waals surface area contributed by atoms with Crippen molar-refractivity contribution in [2.75, 3.05) is 18.5 Å². The third kappa shape index (κ3) is 3.45. The molecule has 2 aromatic heterocycles. The number of amides is 2. The van der Waals surface area contributed by atoms with Gasteiger partial charge in [0, 0.05) is 36.8 Å². The highest BCUT2D eigenvalue weighted by Crippen LogP contribution is 2.28. The molecule has 0 fully saturated rings. The van der Waals surface area contributed by atoms with Crippen LogP contribution in [-0.4, -0.2) is 34.5 Å². The zero-order chi connectivity index (χ0) is 19.0. The van der Waals surface area contributed by atoms with Gasteiger partial charge < -0.3 is 4.90 Å². The number of aryl methyl sites for hydroxylation is 2. The molecule has 138 valence electrons. The second-order valence-corrected chi connectivity index (χ2v) is 8.03. The molecule has 0 atom stereocenters. The molecule has 1 aliphatic heterocycles. The Bertz CT molecular complexity index is 964. The van der Waals surface area contributed by atoms with E-state index in [-0.39, 0.29) is 6.03 Å². The van der Waals surface area contributed by atoms with Gasteiger partial charge in [-0.15, -0.1) is 11.3 Å². The molecule has 5 nitrogen and oxygen atoms in total. The van der Waals surface area contributed by atoms with Gasteiger partial charge in [0.2, 0.25) is 0 Å². The van der Waals surface area contributed by atoms with Crippen molar-refractivity contribution in [3.05, 3.63) is 64.3 Å². The summed E-state index contributed by atoms with van der Waals surface area (Å²) in [5, 5.41) is 0.753. The van der Waals surface area contributed by atoms with Crippen molar-refractivity contribution >= 4 is 22.5 Å². The fraction of sp³-hybridized carbons (Fsp3) is 0.286. The van der Waals surface area contributed by atoms with Crippen molar-refractivity contribution in [3.8, 4) is 11.3 Å². The van der Waals surface area contributed by atoms with Crippen LogP contribution in [0.2, 0.25) is 0 Å². The first-order valence-corrected chi connectivity index (χ1v) is 9.84. The van der Waals surface area contributed by atoms with E-state index < -0.39 is 0 Å². The second-order valence-electron chi connectivity index (χ2n) is 6.85. The lowest BCUT2D eigenvalue weighted by atomic mass is 9.96. The number of pyridine rings is 1. The number of carbonyl (C=O) groups excluding carboxylic acids is 1. The van der Waals surface area contributed by atoms with Crippen molar-refractivity contribution in [1.29, 1.82) is 0 Å². The quantitative estimate of drug-likeness (QED) is 0.662. The third-order valence-electron chi connectivity index (χ3n) is 5.04. The number of carbonyl (C=O) groups is 1. The average molecular weight is 379 g/mol. The minimum absolute atomic E-state index is 0.00219. The van der Waals surface area contributed by atoms with Crippen LogP contribution in [0.5, 0.6) is 0 Å². The topological polar surface area (TPSA) is 49.3 Å². The van der Waals surface area contributed by atoms with Crippen LogP contribution in [0.15, 0.2) is 42.6 Å². The van der Waals surface area contributed by atoms with Gasteiger partial charge in [-0.05, 0) is 49.6 Å². The monoisotopic (exact) mass is 378 g/mol. The molecule has 0 spiro atoms.